The van der Waals surface area contributed by atoms with Gasteiger partial charge in [0.25, 0.3) is 0 Å². The summed E-state index contributed by atoms with van der Waals surface area (Å²) in [6.07, 6.45) is 3.17. The topological polar surface area (TPSA) is 123 Å². The molecular weight excluding hydrogens is 452 g/mol. The van der Waals surface area contributed by atoms with Crippen LogP contribution >= 0.6 is 0 Å². The molecule has 0 radical (unpaired) electrons. The fourth-order valence-corrected chi connectivity index (χ4v) is 3.38. The van der Waals surface area contributed by atoms with E-state index in [1.165, 1.54) is 18.1 Å². The molecule has 0 spiro atoms. The monoisotopic (exact) mass is 478 g/mol. The molecule has 0 aliphatic heterocycles. The third kappa shape index (κ3) is 5.24. The minimum atomic E-state index is -0.264. The highest BCUT2D eigenvalue weighted by atomic mass is 16.5. The van der Waals surface area contributed by atoms with Gasteiger partial charge in [0.2, 0.25) is 11.8 Å². The molecule has 11 heteroatoms. The van der Waals surface area contributed by atoms with Gasteiger partial charge in [-0.05, 0) is 24.1 Å². The van der Waals surface area contributed by atoms with E-state index in [9.17, 15) is 4.79 Å². The number of hydrogen-bond acceptors (Lipinski definition) is 9. The number of rotatable bonds is 9. The van der Waals surface area contributed by atoms with Gasteiger partial charge in [0.05, 0.1) is 43.6 Å². The molecule has 0 fully saturated rings. The van der Waals surface area contributed by atoms with Crippen molar-refractivity contribution in [3.8, 4) is 28.9 Å². The average molecular weight is 479 g/mol. The smallest absolute Gasteiger partial charge is 0.246 e. The molecule has 0 atom stereocenters. The number of methoxy groups -OCH3 is 3. The van der Waals surface area contributed by atoms with Crippen LogP contribution in [-0.4, -0.2) is 52.2 Å². The number of carbonyl (C=O) groups excluding carboxylic acids is 1. The van der Waals surface area contributed by atoms with Crippen molar-refractivity contribution < 1.29 is 23.7 Å². The summed E-state index contributed by atoms with van der Waals surface area (Å²) < 4.78 is 23.7. The van der Waals surface area contributed by atoms with Crippen LogP contribution in [0.4, 0.5) is 5.69 Å². The zero-order valence-electron chi connectivity index (χ0n) is 20.1. The maximum absolute atomic E-state index is 12.5. The van der Waals surface area contributed by atoms with Gasteiger partial charge in [0.1, 0.15) is 24.4 Å². The second kappa shape index (κ2) is 10.2. The van der Waals surface area contributed by atoms with Crippen LogP contribution in [0, 0.1) is 0 Å². The van der Waals surface area contributed by atoms with Crippen LogP contribution in [0.25, 0.3) is 10.9 Å². The summed E-state index contributed by atoms with van der Waals surface area (Å²) in [4.78, 5) is 21.1. The van der Waals surface area contributed by atoms with Gasteiger partial charge >= 0.3 is 0 Å². The number of nitrogens with one attached hydrogen (secondary N) is 1. The zero-order valence-corrected chi connectivity index (χ0v) is 20.1. The molecular formula is C24H26N6O5. The van der Waals surface area contributed by atoms with E-state index in [1.54, 1.807) is 50.7 Å². The highest BCUT2D eigenvalue weighted by Gasteiger charge is 2.15. The molecule has 0 unspecified atom stereocenters. The van der Waals surface area contributed by atoms with E-state index in [2.05, 4.69) is 25.6 Å². The van der Waals surface area contributed by atoms with Crippen LogP contribution < -0.4 is 24.3 Å². The first-order valence-corrected chi connectivity index (χ1v) is 10.8. The van der Waals surface area contributed by atoms with Gasteiger partial charge in [-0.15, -0.1) is 5.10 Å². The SMILES string of the molecule is COc1cc(Oc2ncnc3cc(OC)c(OC)cc23)ccc1NC(=O)Cn1cc(C(C)C)nn1. The minimum absolute atomic E-state index is 0.0271. The summed E-state index contributed by atoms with van der Waals surface area (Å²) in [7, 11) is 4.63. The number of amides is 1. The first kappa shape index (κ1) is 23.7. The van der Waals surface area contributed by atoms with Crippen LogP contribution in [0.3, 0.4) is 0 Å². The van der Waals surface area contributed by atoms with E-state index >= 15 is 0 Å². The summed E-state index contributed by atoms with van der Waals surface area (Å²) in [5.74, 6) is 2.28. The molecule has 0 saturated carbocycles. The van der Waals surface area contributed by atoms with E-state index in [0.717, 1.165) is 5.69 Å². The van der Waals surface area contributed by atoms with Crippen molar-refractivity contribution in [2.45, 2.75) is 26.3 Å². The number of carbonyl (C=O) groups is 1. The Morgan fingerprint density at radius 3 is 2.43 bits per heavy atom. The third-order valence-electron chi connectivity index (χ3n) is 5.22. The lowest BCUT2D eigenvalue weighted by Crippen LogP contribution is -2.19. The largest absolute Gasteiger partial charge is 0.494 e. The fourth-order valence-electron chi connectivity index (χ4n) is 3.38. The van der Waals surface area contributed by atoms with Crippen molar-refractivity contribution in [1.82, 2.24) is 25.0 Å². The molecule has 1 N–H and O–H groups in total. The first-order chi connectivity index (χ1) is 16.9. The summed E-state index contributed by atoms with van der Waals surface area (Å²) >= 11 is 0. The van der Waals surface area contributed by atoms with Crippen molar-refractivity contribution in [3.63, 3.8) is 0 Å². The number of aromatic nitrogens is 5. The van der Waals surface area contributed by atoms with Gasteiger partial charge in [0.15, 0.2) is 11.5 Å². The Hall–Kier alpha value is -4.41. The predicted molar refractivity (Wildman–Crippen MR) is 128 cm³/mol. The Kier molecular flexibility index (Phi) is 6.95. The third-order valence-corrected chi connectivity index (χ3v) is 5.22. The second-order valence-electron chi connectivity index (χ2n) is 7.91. The Morgan fingerprint density at radius 1 is 1.00 bits per heavy atom. The number of benzene rings is 2. The van der Waals surface area contributed by atoms with E-state index in [4.69, 9.17) is 18.9 Å². The molecule has 1 amide bonds. The predicted octanol–water partition coefficient (Wildman–Crippen LogP) is 3.80. The lowest BCUT2D eigenvalue weighted by molar-refractivity contribution is -0.116. The Morgan fingerprint density at radius 2 is 1.74 bits per heavy atom. The molecule has 4 rings (SSSR count). The summed E-state index contributed by atoms with van der Waals surface area (Å²) in [5.41, 5.74) is 1.95. The standard InChI is InChI=1S/C24H26N6O5/c1-14(2)19-11-30(29-28-19)12-23(31)27-17-7-6-15(8-20(17)32-3)35-24-16-9-21(33-4)22(34-5)10-18(16)25-13-26-24/h6-11,13-14H,12H2,1-5H3,(H,27,31). The summed E-state index contributed by atoms with van der Waals surface area (Å²) in [6.45, 7) is 4.06. The number of fused-ring (bicyclic) bond motifs is 1. The quantitative estimate of drug-likeness (QED) is 0.383. The normalized spacial score (nSPS) is 10.9. The Balaban J connectivity index is 1.53. The lowest BCUT2D eigenvalue weighted by atomic mass is 10.2. The molecule has 2 aromatic carbocycles. The molecule has 182 valence electrons. The first-order valence-electron chi connectivity index (χ1n) is 10.8. The minimum Gasteiger partial charge on any atom is -0.494 e. The Bertz CT molecular complexity index is 1350. The lowest BCUT2D eigenvalue weighted by Gasteiger charge is -2.14. The van der Waals surface area contributed by atoms with Gasteiger partial charge in [0, 0.05) is 18.3 Å². The number of nitrogens with zero attached hydrogens (tertiary/aromatic N) is 5. The van der Waals surface area contributed by atoms with Crippen LogP contribution in [0.5, 0.6) is 28.9 Å². The molecule has 0 aliphatic rings. The molecule has 0 bridgehead atoms. The molecule has 2 aromatic heterocycles. The van der Waals surface area contributed by atoms with Gasteiger partial charge in [-0.2, -0.15) is 0 Å². The van der Waals surface area contributed by atoms with Crippen molar-refractivity contribution in [2.24, 2.45) is 0 Å². The number of ether oxygens (including phenoxy) is 4. The van der Waals surface area contributed by atoms with Gasteiger partial charge in [-0.1, -0.05) is 19.1 Å². The molecule has 35 heavy (non-hydrogen) atoms. The fraction of sp³-hybridized carbons (Fsp3) is 0.292. The molecule has 0 aliphatic carbocycles. The molecule has 4 aromatic rings. The van der Waals surface area contributed by atoms with Gasteiger partial charge in [-0.25, -0.2) is 14.6 Å². The molecule has 2 heterocycles. The van der Waals surface area contributed by atoms with Crippen LogP contribution in [0.1, 0.15) is 25.5 Å². The maximum atomic E-state index is 12.5. The summed E-state index contributed by atoms with van der Waals surface area (Å²) in [5, 5.41) is 11.5. The van der Waals surface area contributed by atoms with E-state index in [1.807, 2.05) is 13.8 Å². The molecule has 0 saturated heterocycles. The Labute approximate surface area is 202 Å². The maximum Gasteiger partial charge on any atom is 0.246 e. The van der Waals surface area contributed by atoms with E-state index < -0.39 is 0 Å². The summed E-state index contributed by atoms with van der Waals surface area (Å²) in [6, 6.07) is 8.57. The van der Waals surface area contributed by atoms with Crippen molar-refractivity contribution in [1.29, 1.82) is 0 Å². The molecule has 11 nitrogen and oxygen atoms in total. The van der Waals surface area contributed by atoms with E-state index in [-0.39, 0.29) is 18.4 Å². The number of hydrogen-bond donors (Lipinski definition) is 1. The van der Waals surface area contributed by atoms with Crippen molar-refractivity contribution >= 4 is 22.5 Å². The number of anilines is 1. The van der Waals surface area contributed by atoms with E-state index in [0.29, 0.717) is 45.5 Å². The van der Waals surface area contributed by atoms with Gasteiger partial charge in [-0.3, -0.25) is 4.79 Å². The zero-order chi connectivity index (χ0) is 24.9. The van der Waals surface area contributed by atoms with Gasteiger partial charge < -0.3 is 24.3 Å². The van der Waals surface area contributed by atoms with Crippen molar-refractivity contribution in [2.75, 3.05) is 26.6 Å². The van der Waals surface area contributed by atoms with Crippen LogP contribution in [0.15, 0.2) is 42.9 Å². The van der Waals surface area contributed by atoms with Crippen LogP contribution in [-0.2, 0) is 11.3 Å². The van der Waals surface area contributed by atoms with Crippen molar-refractivity contribution in [3.05, 3.63) is 48.5 Å². The average Bonchev–Trinajstić information content (AvgIpc) is 3.33. The van der Waals surface area contributed by atoms with Crippen LogP contribution in [0.2, 0.25) is 0 Å². The highest BCUT2D eigenvalue weighted by Crippen LogP contribution is 2.37. The second-order valence-corrected chi connectivity index (χ2v) is 7.91. The highest BCUT2D eigenvalue weighted by molar-refractivity contribution is 5.92.